The average Bonchev–Trinajstić information content (AvgIpc) is 3.10. The fraction of sp³-hybridized carbons (Fsp3) is 0.200. The molecule has 0 fully saturated rings. The first kappa shape index (κ1) is 17.0. The van der Waals surface area contributed by atoms with Gasteiger partial charge >= 0.3 is 0 Å². The maximum absolute atomic E-state index is 6.12. The molecule has 2 aromatic heterocycles. The summed E-state index contributed by atoms with van der Waals surface area (Å²) in [5, 5.41) is 5.22. The molecule has 0 saturated heterocycles. The van der Waals surface area contributed by atoms with Crippen LogP contribution in [0.15, 0.2) is 42.6 Å². The highest BCUT2D eigenvalue weighted by Gasteiger charge is 2.12. The SMILES string of the molecule is COc1cc2nc(NCCc3c[nH]c4ccccc34)nc(N)c2cc1OC. The van der Waals surface area contributed by atoms with E-state index < -0.39 is 0 Å². The summed E-state index contributed by atoms with van der Waals surface area (Å²) in [7, 11) is 3.18. The van der Waals surface area contributed by atoms with Crippen molar-refractivity contribution < 1.29 is 9.47 Å². The van der Waals surface area contributed by atoms with Gasteiger partial charge in [-0.25, -0.2) is 4.98 Å². The van der Waals surface area contributed by atoms with Crippen molar-refractivity contribution in [3.63, 3.8) is 0 Å². The van der Waals surface area contributed by atoms with Crippen molar-refractivity contribution in [2.24, 2.45) is 0 Å². The molecule has 138 valence electrons. The Bertz CT molecular complexity index is 1110. The molecular weight excluding hydrogens is 342 g/mol. The average molecular weight is 363 g/mol. The number of anilines is 2. The lowest BCUT2D eigenvalue weighted by molar-refractivity contribution is 0.356. The van der Waals surface area contributed by atoms with Crippen LogP contribution in [-0.4, -0.2) is 35.7 Å². The second-order valence-corrected chi connectivity index (χ2v) is 6.19. The van der Waals surface area contributed by atoms with Crippen molar-refractivity contribution >= 4 is 33.6 Å². The number of hydrogen-bond donors (Lipinski definition) is 3. The molecule has 7 heteroatoms. The molecule has 4 N–H and O–H groups in total. The van der Waals surface area contributed by atoms with E-state index in [1.54, 1.807) is 26.4 Å². The number of hydrogen-bond acceptors (Lipinski definition) is 6. The number of benzene rings is 2. The third kappa shape index (κ3) is 3.19. The quantitative estimate of drug-likeness (QED) is 0.486. The van der Waals surface area contributed by atoms with E-state index in [4.69, 9.17) is 15.2 Å². The zero-order chi connectivity index (χ0) is 18.8. The first-order valence-corrected chi connectivity index (χ1v) is 8.67. The van der Waals surface area contributed by atoms with E-state index in [-0.39, 0.29) is 0 Å². The smallest absolute Gasteiger partial charge is 0.225 e. The Kier molecular flexibility index (Phi) is 4.42. The minimum absolute atomic E-state index is 0.399. The van der Waals surface area contributed by atoms with Gasteiger partial charge in [-0.1, -0.05) is 18.2 Å². The van der Waals surface area contributed by atoms with Gasteiger partial charge in [-0.05, 0) is 24.1 Å². The summed E-state index contributed by atoms with van der Waals surface area (Å²) in [5.41, 5.74) is 9.21. The van der Waals surface area contributed by atoms with Crippen LogP contribution in [0.5, 0.6) is 11.5 Å². The normalized spacial score (nSPS) is 11.0. The van der Waals surface area contributed by atoms with Gasteiger partial charge in [0.1, 0.15) is 5.82 Å². The van der Waals surface area contributed by atoms with Gasteiger partial charge in [0.25, 0.3) is 0 Å². The molecule has 0 aliphatic heterocycles. The number of nitrogens with two attached hydrogens (primary N) is 1. The van der Waals surface area contributed by atoms with Crippen LogP contribution in [0.2, 0.25) is 0 Å². The number of nitrogens with one attached hydrogen (secondary N) is 2. The van der Waals surface area contributed by atoms with Crippen LogP contribution in [0, 0.1) is 0 Å². The summed E-state index contributed by atoms with van der Waals surface area (Å²) in [5.74, 6) is 2.09. The fourth-order valence-electron chi connectivity index (χ4n) is 3.21. The number of methoxy groups -OCH3 is 2. The zero-order valence-electron chi connectivity index (χ0n) is 15.2. The van der Waals surface area contributed by atoms with E-state index in [1.165, 1.54) is 10.9 Å². The molecule has 0 aliphatic rings. The van der Waals surface area contributed by atoms with E-state index in [2.05, 4.69) is 32.4 Å². The third-order valence-corrected chi connectivity index (χ3v) is 4.58. The number of para-hydroxylation sites is 1. The fourth-order valence-corrected chi connectivity index (χ4v) is 3.21. The Morgan fingerprint density at radius 1 is 1.04 bits per heavy atom. The second-order valence-electron chi connectivity index (χ2n) is 6.19. The number of H-pyrrole nitrogens is 1. The van der Waals surface area contributed by atoms with E-state index in [1.807, 2.05) is 18.3 Å². The summed E-state index contributed by atoms with van der Waals surface area (Å²) < 4.78 is 10.7. The molecule has 0 radical (unpaired) electrons. The Labute approximate surface area is 156 Å². The van der Waals surface area contributed by atoms with Gasteiger partial charge in [0.15, 0.2) is 11.5 Å². The van der Waals surface area contributed by atoms with Crippen LogP contribution in [0.3, 0.4) is 0 Å². The van der Waals surface area contributed by atoms with Crippen molar-refractivity contribution in [2.75, 3.05) is 31.8 Å². The number of rotatable bonds is 6. The van der Waals surface area contributed by atoms with Gasteiger partial charge in [0.2, 0.25) is 5.95 Å². The van der Waals surface area contributed by atoms with Crippen LogP contribution in [0.1, 0.15) is 5.56 Å². The van der Waals surface area contributed by atoms with Gasteiger partial charge < -0.3 is 25.5 Å². The van der Waals surface area contributed by atoms with Crippen LogP contribution >= 0.6 is 0 Å². The van der Waals surface area contributed by atoms with Crippen molar-refractivity contribution in [2.45, 2.75) is 6.42 Å². The summed E-state index contributed by atoms with van der Waals surface area (Å²) in [6.07, 6.45) is 2.89. The largest absolute Gasteiger partial charge is 0.493 e. The van der Waals surface area contributed by atoms with Crippen molar-refractivity contribution in [1.29, 1.82) is 0 Å². The van der Waals surface area contributed by atoms with Crippen molar-refractivity contribution in [1.82, 2.24) is 15.0 Å². The van der Waals surface area contributed by atoms with Gasteiger partial charge in [-0.15, -0.1) is 0 Å². The third-order valence-electron chi connectivity index (χ3n) is 4.58. The number of ether oxygens (including phenoxy) is 2. The molecule has 0 aliphatic carbocycles. The molecule has 0 bridgehead atoms. The van der Waals surface area contributed by atoms with Crippen LogP contribution < -0.4 is 20.5 Å². The highest BCUT2D eigenvalue weighted by Crippen LogP contribution is 2.33. The molecule has 0 atom stereocenters. The van der Waals surface area contributed by atoms with E-state index in [9.17, 15) is 0 Å². The lowest BCUT2D eigenvalue weighted by atomic mass is 10.1. The molecule has 0 unspecified atom stereocenters. The monoisotopic (exact) mass is 363 g/mol. The van der Waals surface area contributed by atoms with E-state index >= 15 is 0 Å². The summed E-state index contributed by atoms with van der Waals surface area (Å²) >= 11 is 0. The highest BCUT2D eigenvalue weighted by molar-refractivity contribution is 5.91. The highest BCUT2D eigenvalue weighted by atomic mass is 16.5. The molecule has 0 spiro atoms. The topological polar surface area (TPSA) is 98.1 Å². The molecule has 4 aromatic rings. The first-order chi connectivity index (χ1) is 13.2. The number of nitrogen functional groups attached to an aromatic ring is 1. The van der Waals surface area contributed by atoms with Crippen LogP contribution in [-0.2, 0) is 6.42 Å². The molecule has 27 heavy (non-hydrogen) atoms. The minimum Gasteiger partial charge on any atom is -0.493 e. The minimum atomic E-state index is 0.399. The predicted octanol–water partition coefficient (Wildman–Crippen LogP) is 3.37. The predicted molar refractivity (Wildman–Crippen MR) is 108 cm³/mol. The Balaban J connectivity index is 1.55. The number of fused-ring (bicyclic) bond motifs is 2. The van der Waals surface area contributed by atoms with Crippen molar-refractivity contribution in [3.05, 3.63) is 48.2 Å². The lowest BCUT2D eigenvalue weighted by Crippen LogP contribution is -2.09. The molecule has 0 amide bonds. The van der Waals surface area contributed by atoms with Gasteiger partial charge in [0.05, 0.1) is 19.7 Å². The standard InChI is InChI=1S/C20H21N5O2/c1-26-17-9-14-16(10-18(17)27-2)24-20(25-19(14)21)22-8-7-12-11-23-15-6-4-3-5-13(12)15/h3-6,9-11,23H,7-8H2,1-2H3,(H3,21,22,24,25). The van der Waals surface area contributed by atoms with Crippen LogP contribution in [0.4, 0.5) is 11.8 Å². The Hall–Kier alpha value is -3.48. The summed E-state index contributed by atoms with van der Waals surface area (Å²) in [6.45, 7) is 0.695. The molecule has 0 saturated carbocycles. The number of nitrogens with zero attached hydrogens (tertiary/aromatic N) is 2. The Morgan fingerprint density at radius 3 is 2.63 bits per heavy atom. The van der Waals surface area contributed by atoms with E-state index in [0.717, 1.165) is 17.3 Å². The van der Waals surface area contributed by atoms with Crippen molar-refractivity contribution in [3.8, 4) is 11.5 Å². The molecule has 4 rings (SSSR count). The maximum Gasteiger partial charge on any atom is 0.225 e. The number of aromatic amines is 1. The molecule has 2 aromatic carbocycles. The second kappa shape index (κ2) is 7.03. The van der Waals surface area contributed by atoms with Crippen LogP contribution in [0.25, 0.3) is 21.8 Å². The van der Waals surface area contributed by atoms with Gasteiger partial charge in [0, 0.05) is 35.1 Å². The molecule has 7 nitrogen and oxygen atoms in total. The zero-order valence-corrected chi connectivity index (χ0v) is 15.2. The van der Waals surface area contributed by atoms with Gasteiger partial charge in [-0.3, -0.25) is 0 Å². The molecular formula is C20H21N5O2. The summed E-state index contributed by atoms with van der Waals surface area (Å²) in [6, 6.07) is 11.8. The first-order valence-electron chi connectivity index (χ1n) is 8.67. The number of aromatic nitrogens is 3. The van der Waals surface area contributed by atoms with E-state index in [0.29, 0.717) is 35.3 Å². The molecule has 2 heterocycles. The van der Waals surface area contributed by atoms with Gasteiger partial charge in [-0.2, -0.15) is 4.98 Å². The summed E-state index contributed by atoms with van der Waals surface area (Å²) in [4.78, 5) is 12.2. The lowest BCUT2D eigenvalue weighted by Gasteiger charge is -2.11. The Morgan fingerprint density at radius 2 is 1.81 bits per heavy atom. The maximum atomic E-state index is 6.12.